The largest absolute Gasteiger partial charge is 0.351 e. The van der Waals surface area contributed by atoms with Gasteiger partial charge in [0.15, 0.2) is 5.82 Å². The van der Waals surface area contributed by atoms with Crippen molar-refractivity contribution in [2.24, 2.45) is 5.73 Å². The van der Waals surface area contributed by atoms with Crippen molar-refractivity contribution < 1.29 is 0 Å². The molecule has 1 atom stereocenters. The van der Waals surface area contributed by atoms with Gasteiger partial charge in [0.1, 0.15) is 0 Å². The van der Waals surface area contributed by atoms with Crippen molar-refractivity contribution in [3.8, 4) is 0 Å². The maximum absolute atomic E-state index is 5.76. The Bertz CT molecular complexity index is 366. The first-order valence-electron chi connectivity index (χ1n) is 6.14. The first-order valence-corrected chi connectivity index (χ1v) is 6.14. The monoisotopic (exact) mass is 235 g/mol. The molecule has 94 valence electrons. The number of hydrogen-bond donors (Lipinski definition) is 1. The van der Waals surface area contributed by atoms with Gasteiger partial charge in [-0.25, -0.2) is 0 Å². The first-order chi connectivity index (χ1) is 8.22. The van der Waals surface area contributed by atoms with Crippen molar-refractivity contribution in [3.05, 3.63) is 17.8 Å². The molecule has 1 aliphatic rings. The molecule has 1 fully saturated rings. The third kappa shape index (κ3) is 2.73. The van der Waals surface area contributed by atoms with E-state index in [0.29, 0.717) is 12.6 Å². The molecule has 1 aliphatic heterocycles. The Labute approximate surface area is 103 Å². The Morgan fingerprint density at radius 1 is 1.53 bits per heavy atom. The Kier molecular flexibility index (Phi) is 3.91. The number of likely N-dealkylation sites (N-methyl/N-ethyl adjacent to an activating group) is 1. The highest BCUT2D eigenvalue weighted by Crippen LogP contribution is 2.26. The maximum Gasteiger partial charge on any atom is 0.156 e. The molecule has 0 saturated carbocycles. The SMILES string of the molecule is CN(C)CC1CCCN1c1nnccc1CN. The molecule has 1 aromatic heterocycles. The molecule has 0 aromatic carbocycles. The predicted octanol–water partition coefficient (Wildman–Crippen LogP) is 0.466. The normalized spacial score (nSPS) is 20.2. The van der Waals surface area contributed by atoms with Gasteiger partial charge in [0.05, 0.1) is 6.20 Å². The summed E-state index contributed by atoms with van der Waals surface area (Å²) >= 11 is 0. The molecule has 1 aromatic rings. The number of aromatic nitrogens is 2. The highest BCUT2D eigenvalue weighted by Gasteiger charge is 2.27. The lowest BCUT2D eigenvalue weighted by molar-refractivity contribution is 0.371. The second-order valence-corrected chi connectivity index (χ2v) is 4.84. The number of anilines is 1. The van der Waals surface area contributed by atoms with Crippen LogP contribution in [0.2, 0.25) is 0 Å². The van der Waals surface area contributed by atoms with E-state index >= 15 is 0 Å². The van der Waals surface area contributed by atoms with E-state index in [1.54, 1.807) is 6.20 Å². The fourth-order valence-electron chi connectivity index (χ4n) is 2.48. The van der Waals surface area contributed by atoms with Crippen molar-refractivity contribution in [2.45, 2.75) is 25.4 Å². The predicted molar refractivity (Wildman–Crippen MR) is 68.8 cm³/mol. The fourth-order valence-corrected chi connectivity index (χ4v) is 2.48. The van der Waals surface area contributed by atoms with Crippen LogP contribution in [0.1, 0.15) is 18.4 Å². The second-order valence-electron chi connectivity index (χ2n) is 4.84. The zero-order valence-electron chi connectivity index (χ0n) is 10.6. The summed E-state index contributed by atoms with van der Waals surface area (Å²) < 4.78 is 0. The Hall–Kier alpha value is -1.20. The zero-order chi connectivity index (χ0) is 12.3. The summed E-state index contributed by atoms with van der Waals surface area (Å²) in [7, 11) is 4.22. The van der Waals surface area contributed by atoms with Crippen molar-refractivity contribution in [1.29, 1.82) is 0 Å². The van der Waals surface area contributed by atoms with Gasteiger partial charge < -0.3 is 15.5 Å². The van der Waals surface area contributed by atoms with Gasteiger partial charge in [-0.3, -0.25) is 0 Å². The zero-order valence-corrected chi connectivity index (χ0v) is 10.6. The molecule has 1 unspecified atom stereocenters. The summed E-state index contributed by atoms with van der Waals surface area (Å²) in [6.07, 6.45) is 4.15. The summed E-state index contributed by atoms with van der Waals surface area (Å²) in [6.45, 7) is 2.64. The molecular weight excluding hydrogens is 214 g/mol. The minimum atomic E-state index is 0.524. The molecule has 2 rings (SSSR count). The van der Waals surface area contributed by atoms with E-state index in [-0.39, 0.29) is 0 Å². The lowest BCUT2D eigenvalue weighted by atomic mass is 10.2. The minimum absolute atomic E-state index is 0.524. The first kappa shape index (κ1) is 12.3. The molecule has 2 N–H and O–H groups in total. The fraction of sp³-hybridized carbons (Fsp3) is 0.667. The number of hydrogen-bond acceptors (Lipinski definition) is 5. The molecule has 5 nitrogen and oxygen atoms in total. The lowest BCUT2D eigenvalue weighted by Gasteiger charge is -2.28. The second kappa shape index (κ2) is 5.42. The van der Waals surface area contributed by atoms with E-state index in [2.05, 4.69) is 34.1 Å². The highest BCUT2D eigenvalue weighted by atomic mass is 15.3. The van der Waals surface area contributed by atoms with E-state index in [4.69, 9.17) is 5.73 Å². The van der Waals surface area contributed by atoms with Crippen molar-refractivity contribution in [1.82, 2.24) is 15.1 Å². The Morgan fingerprint density at radius 2 is 2.35 bits per heavy atom. The van der Waals surface area contributed by atoms with E-state index in [9.17, 15) is 0 Å². The summed E-state index contributed by atoms with van der Waals surface area (Å²) in [5.74, 6) is 0.972. The molecule has 2 heterocycles. The van der Waals surface area contributed by atoms with Crippen LogP contribution in [0, 0.1) is 0 Å². The maximum atomic E-state index is 5.76. The van der Waals surface area contributed by atoms with E-state index in [1.165, 1.54) is 12.8 Å². The molecule has 5 heteroatoms. The van der Waals surface area contributed by atoms with Crippen LogP contribution in [0.4, 0.5) is 5.82 Å². The van der Waals surface area contributed by atoms with Crippen LogP contribution in [0.3, 0.4) is 0 Å². The van der Waals surface area contributed by atoms with Crippen molar-refractivity contribution in [3.63, 3.8) is 0 Å². The van der Waals surface area contributed by atoms with Crippen LogP contribution in [0.25, 0.3) is 0 Å². The summed E-state index contributed by atoms with van der Waals surface area (Å²) in [5.41, 5.74) is 6.85. The number of nitrogens with two attached hydrogens (primary N) is 1. The molecule has 0 amide bonds. The van der Waals surface area contributed by atoms with Gasteiger partial charge in [0.2, 0.25) is 0 Å². The van der Waals surface area contributed by atoms with Crippen LogP contribution in [-0.4, -0.2) is 48.3 Å². The Morgan fingerprint density at radius 3 is 3.06 bits per heavy atom. The minimum Gasteiger partial charge on any atom is -0.351 e. The third-order valence-electron chi connectivity index (χ3n) is 3.23. The molecule has 1 saturated heterocycles. The van der Waals surface area contributed by atoms with E-state index in [0.717, 1.165) is 24.5 Å². The summed E-state index contributed by atoms with van der Waals surface area (Å²) in [4.78, 5) is 4.58. The average Bonchev–Trinajstić information content (AvgIpc) is 2.76. The third-order valence-corrected chi connectivity index (χ3v) is 3.23. The van der Waals surface area contributed by atoms with Gasteiger partial charge in [0, 0.05) is 31.2 Å². The summed E-state index contributed by atoms with van der Waals surface area (Å²) in [5, 5.41) is 8.26. The molecule has 17 heavy (non-hydrogen) atoms. The quantitative estimate of drug-likeness (QED) is 0.822. The van der Waals surface area contributed by atoms with Crippen LogP contribution < -0.4 is 10.6 Å². The van der Waals surface area contributed by atoms with Crippen LogP contribution in [0.15, 0.2) is 12.3 Å². The van der Waals surface area contributed by atoms with Crippen LogP contribution in [-0.2, 0) is 6.54 Å². The van der Waals surface area contributed by atoms with Gasteiger partial charge >= 0.3 is 0 Å². The van der Waals surface area contributed by atoms with E-state index < -0.39 is 0 Å². The highest BCUT2D eigenvalue weighted by molar-refractivity contribution is 5.47. The number of rotatable bonds is 4. The number of nitrogens with zero attached hydrogens (tertiary/aromatic N) is 4. The standard InChI is InChI=1S/C12H21N5/c1-16(2)9-11-4-3-7-17(11)12-10(8-13)5-6-14-15-12/h5-6,11H,3-4,7-9,13H2,1-2H3. The molecular formula is C12H21N5. The van der Waals surface area contributed by atoms with Gasteiger partial charge in [-0.05, 0) is 33.0 Å². The molecule has 0 spiro atoms. The molecule has 0 aliphatic carbocycles. The molecule has 0 bridgehead atoms. The van der Waals surface area contributed by atoms with Gasteiger partial charge in [-0.1, -0.05) is 0 Å². The smallest absolute Gasteiger partial charge is 0.156 e. The summed E-state index contributed by atoms with van der Waals surface area (Å²) in [6, 6.07) is 2.50. The lowest BCUT2D eigenvalue weighted by Crippen LogP contribution is -2.38. The molecule has 0 radical (unpaired) electrons. The van der Waals surface area contributed by atoms with E-state index in [1.807, 2.05) is 6.07 Å². The average molecular weight is 235 g/mol. The Balaban J connectivity index is 2.19. The van der Waals surface area contributed by atoms with Gasteiger partial charge in [-0.2, -0.15) is 5.10 Å². The van der Waals surface area contributed by atoms with Gasteiger partial charge in [-0.15, -0.1) is 5.10 Å². The van der Waals surface area contributed by atoms with Crippen molar-refractivity contribution >= 4 is 5.82 Å². The van der Waals surface area contributed by atoms with Crippen LogP contribution >= 0.6 is 0 Å². The topological polar surface area (TPSA) is 58.3 Å². The van der Waals surface area contributed by atoms with Crippen molar-refractivity contribution in [2.75, 3.05) is 32.1 Å². The van der Waals surface area contributed by atoms with Gasteiger partial charge in [0.25, 0.3) is 0 Å². The van der Waals surface area contributed by atoms with Crippen LogP contribution in [0.5, 0.6) is 0 Å².